The van der Waals surface area contributed by atoms with Gasteiger partial charge in [0.2, 0.25) is 0 Å². The molecule has 2 N–H and O–H groups in total. The van der Waals surface area contributed by atoms with E-state index in [1.807, 2.05) is 25.1 Å². The molecule has 3 rings (SSSR count). The number of methoxy groups -OCH3 is 1. The van der Waals surface area contributed by atoms with Crippen molar-refractivity contribution in [2.75, 3.05) is 17.7 Å². The summed E-state index contributed by atoms with van der Waals surface area (Å²) >= 11 is 0. The minimum absolute atomic E-state index is 0.190. The van der Waals surface area contributed by atoms with Crippen molar-refractivity contribution in [3.63, 3.8) is 0 Å². The first kappa shape index (κ1) is 18.2. The fraction of sp³-hybridized carbons (Fsp3) is 0.0909. The van der Waals surface area contributed by atoms with Gasteiger partial charge in [0.25, 0.3) is 11.8 Å². The monoisotopic (exact) mass is 360 g/mol. The van der Waals surface area contributed by atoms with Gasteiger partial charge in [-0.05, 0) is 55.0 Å². The summed E-state index contributed by atoms with van der Waals surface area (Å²) in [5, 5.41) is 5.69. The topological polar surface area (TPSA) is 67.4 Å². The summed E-state index contributed by atoms with van der Waals surface area (Å²) in [6.45, 7) is 1.89. The smallest absolute Gasteiger partial charge is 0.255 e. The van der Waals surface area contributed by atoms with Gasteiger partial charge in [-0.2, -0.15) is 0 Å². The van der Waals surface area contributed by atoms with Crippen molar-refractivity contribution in [2.45, 2.75) is 6.92 Å². The van der Waals surface area contributed by atoms with E-state index < -0.39 is 0 Å². The molecule has 2 amide bonds. The average molecular weight is 360 g/mol. The molecule has 3 aromatic rings. The summed E-state index contributed by atoms with van der Waals surface area (Å²) in [7, 11) is 1.55. The van der Waals surface area contributed by atoms with Gasteiger partial charge in [0.05, 0.1) is 7.11 Å². The molecule has 0 fully saturated rings. The SMILES string of the molecule is COc1cccc(C(=O)Nc2cccc(NC(=O)c3ccccc3C)c2)c1. The third-order valence-electron chi connectivity index (χ3n) is 4.10. The maximum Gasteiger partial charge on any atom is 0.255 e. The highest BCUT2D eigenvalue weighted by Gasteiger charge is 2.10. The van der Waals surface area contributed by atoms with Crippen LogP contribution in [0.25, 0.3) is 0 Å². The predicted molar refractivity (Wildman–Crippen MR) is 107 cm³/mol. The quantitative estimate of drug-likeness (QED) is 0.703. The van der Waals surface area contributed by atoms with E-state index in [0.717, 1.165) is 5.56 Å². The lowest BCUT2D eigenvalue weighted by atomic mass is 10.1. The Morgan fingerprint density at radius 1 is 0.778 bits per heavy atom. The summed E-state index contributed by atoms with van der Waals surface area (Å²) in [5.41, 5.74) is 3.20. The Bertz CT molecular complexity index is 983. The first-order chi connectivity index (χ1) is 13.1. The summed E-state index contributed by atoms with van der Waals surface area (Å²) in [6.07, 6.45) is 0. The number of hydrogen-bond acceptors (Lipinski definition) is 3. The van der Waals surface area contributed by atoms with Gasteiger partial charge in [-0.3, -0.25) is 9.59 Å². The third-order valence-corrected chi connectivity index (χ3v) is 4.10. The lowest BCUT2D eigenvalue weighted by molar-refractivity contribution is 0.101. The summed E-state index contributed by atoms with van der Waals surface area (Å²) in [6, 6.07) is 21.3. The minimum atomic E-state index is -0.253. The van der Waals surface area contributed by atoms with Crippen LogP contribution in [0.5, 0.6) is 5.75 Å². The zero-order valence-electron chi connectivity index (χ0n) is 15.2. The summed E-state index contributed by atoms with van der Waals surface area (Å²) in [4.78, 5) is 24.9. The van der Waals surface area contributed by atoms with Crippen molar-refractivity contribution in [1.29, 1.82) is 0 Å². The molecule has 0 aliphatic carbocycles. The zero-order chi connectivity index (χ0) is 19.2. The molecule has 5 nitrogen and oxygen atoms in total. The van der Waals surface area contributed by atoms with Gasteiger partial charge in [0, 0.05) is 22.5 Å². The Kier molecular flexibility index (Phi) is 5.52. The third kappa shape index (κ3) is 4.52. The molecule has 0 heterocycles. The summed E-state index contributed by atoms with van der Waals surface area (Å²) < 4.78 is 5.14. The standard InChI is InChI=1S/C22H20N2O3/c1-15-7-3-4-12-20(15)22(26)24-18-10-6-9-17(14-18)23-21(25)16-8-5-11-19(13-16)27-2/h3-14H,1-2H3,(H,23,25)(H,24,26). The predicted octanol–water partition coefficient (Wildman–Crippen LogP) is 4.51. The Morgan fingerprint density at radius 3 is 2.15 bits per heavy atom. The lowest BCUT2D eigenvalue weighted by Crippen LogP contribution is -2.14. The van der Waals surface area contributed by atoms with Crippen LogP contribution in [0.3, 0.4) is 0 Å². The molecule has 5 heteroatoms. The highest BCUT2D eigenvalue weighted by atomic mass is 16.5. The highest BCUT2D eigenvalue weighted by Crippen LogP contribution is 2.19. The van der Waals surface area contributed by atoms with Crippen molar-refractivity contribution in [1.82, 2.24) is 0 Å². The average Bonchev–Trinajstić information content (AvgIpc) is 2.68. The van der Waals surface area contributed by atoms with Crippen LogP contribution in [0, 0.1) is 6.92 Å². The molecule has 0 spiro atoms. The van der Waals surface area contributed by atoms with Gasteiger partial charge < -0.3 is 15.4 Å². The Labute approximate surface area is 158 Å². The number of carbonyl (C=O) groups is 2. The van der Waals surface area contributed by atoms with E-state index in [1.165, 1.54) is 0 Å². The van der Waals surface area contributed by atoms with Gasteiger partial charge in [0.15, 0.2) is 0 Å². The van der Waals surface area contributed by atoms with Crippen LogP contribution in [0.4, 0.5) is 11.4 Å². The molecule has 0 atom stereocenters. The number of carbonyl (C=O) groups excluding carboxylic acids is 2. The van der Waals surface area contributed by atoms with Crippen LogP contribution in [-0.2, 0) is 0 Å². The first-order valence-corrected chi connectivity index (χ1v) is 8.49. The minimum Gasteiger partial charge on any atom is -0.497 e. The van der Waals surface area contributed by atoms with Gasteiger partial charge >= 0.3 is 0 Å². The van der Waals surface area contributed by atoms with Crippen LogP contribution in [-0.4, -0.2) is 18.9 Å². The highest BCUT2D eigenvalue weighted by molar-refractivity contribution is 6.07. The fourth-order valence-electron chi connectivity index (χ4n) is 2.67. The molecular weight excluding hydrogens is 340 g/mol. The van der Waals surface area contributed by atoms with Crippen molar-refractivity contribution < 1.29 is 14.3 Å². The van der Waals surface area contributed by atoms with E-state index >= 15 is 0 Å². The molecule has 0 bridgehead atoms. The zero-order valence-corrected chi connectivity index (χ0v) is 15.2. The van der Waals surface area contributed by atoms with Gasteiger partial charge in [-0.1, -0.05) is 30.3 Å². The molecule has 0 radical (unpaired) electrons. The molecule has 0 saturated carbocycles. The van der Waals surface area contributed by atoms with Crippen LogP contribution in [0.15, 0.2) is 72.8 Å². The number of benzene rings is 3. The number of nitrogens with one attached hydrogen (secondary N) is 2. The maximum absolute atomic E-state index is 12.4. The van der Waals surface area contributed by atoms with E-state index in [0.29, 0.717) is 28.3 Å². The van der Waals surface area contributed by atoms with Crippen LogP contribution >= 0.6 is 0 Å². The van der Waals surface area contributed by atoms with Gasteiger partial charge in [-0.15, -0.1) is 0 Å². The van der Waals surface area contributed by atoms with Crippen LogP contribution in [0.1, 0.15) is 26.3 Å². The van der Waals surface area contributed by atoms with E-state index in [4.69, 9.17) is 4.74 Å². The molecule has 0 aromatic heterocycles. The van der Waals surface area contributed by atoms with Crippen molar-refractivity contribution in [2.24, 2.45) is 0 Å². The number of amides is 2. The lowest BCUT2D eigenvalue weighted by Gasteiger charge is -2.10. The summed E-state index contributed by atoms with van der Waals surface area (Å²) in [5.74, 6) is 0.169. The molecule has 136 valence electrons. The van der Waals surface area contributed by atoms with E-state index in [9.17, 15) is 9.59 Å². The second-order valence-electron chi connectivity index (χ2n) is 6.04. The number of rotatable bonds is 5. The Balaban J connectivity index is 1.72. The Hall–Kier alpha value is -3.60. The molecule has 0 aliphatic heterocycles. The van der Waals surface area contributed by atoms with Crippen LogP contribution in [0.2, 0.25) is 0 Å². The number of ether oxygens (including phenoxy) is 1. The second-order valence-corrected chi connectivity index (χ2v) is 6.04. The molecule has 3 aromatic carbocycles. The number of hydrogen-bond donors (Lipinski definition) is 2. The molecular formula is C22H20N2O3. The molecule has 0 aliphatic rings. The Morgan fingerprint density at radius 2 is 1.44 bits per heavy atom. The molecule has 0 unspecified atom stereocenters. The molecule has 27 heavy (non-hydrogen) atoms. The number of anilines is 2. The normalized spacial score (nSPS) is 10.1. The van der Waals surface area contributed by atoms with Crippen molar-refractivity contribution >= 4 is 23.2 Å². The van der Waals surface area contributed by atoms with Crippen molar-refractivity contribution in [3.8, 4) is 5.75 Å². The van der Waals surface area contributed by atoms with Crippen molar-refractivity contribution in [3.05, 3.63) is 89.5 Å². The van der Waals surface area contributed by atoms with E-state index in [1.54, 1.807) is 61.7 Å². The largest absolute Gasteiger partial charge is 0.497 e. The van der Waals surface area contributed by atoms with E-state index in [-0.39, 0.29) is 11.8 Å². The van der Waals surface area contributed by atoms with Gasteiger partial charge in [0.1, 0.15) is 5.75 Å². The second kappa shape index (κ2) is 8.19. The van der Waals surface area contributed by atoms with Gasteiger partial charge in [-0.25, -0.2) is 0 Å². The fourth-order valence-corrected chi connectivity index (χ4v) is 2.67. The first-order valence-electron chi connectivity index (χ1n) is 8.49. The van der Waals surface area contributed by atoms with Crippen LogP contribution < -0.4 is 15.4 Å². The maximum atomic E-state index is 12.4. The number of aryl methyl sites for hydroxylation is 1. The van der Waals surface area contributed by atoms with E-state index in [2.05, 4.69) is 10.6 Å². The molecule has 0 saturated heterocycles.